The number of hydrogen-bond donors (Lipinski definition) is 0. The fourth-order valence-electron chi connectivity index (χ4n) is 3.76. The summed E-state index contributed by atoms with van der Waals surface area (Å²) in [7, 11) is 0. The van der Waals surface area contributed by atoms with Gasteiger partial charge in [-0.3, -0.25) is 14.9 Å². The number of likely N-dealkylation sites (tertiary alicyclic amines) is 1. The van der Waals surface area contributed by atoms with Crippen LogP contribution < -0.4 is 0 Å². The number of aliphatic imine (C=N–C) groups is 2. The summed E-state index contributed by atoms with van der Waals surface area (Å²) in [5, 5.41) is 0.491. The summed E-state index contributed by atoms with van der Waals surface area (Å²) in [4.78, 5) is 10.3. The van der Waals surface area contributed by atoms with E-state index in [2.05, 4.69) is 34.8 Å². The van der Waals surface area contributed by atoms with Crippen LogP contribution in [0.1, 0.15) is 50.2 Å². The van der Waals surface area contributed by atoms with Crippen molar-refractivity contribution in [3.63, 3.8) is 0 Å². The van der Waals surface area contributed by atoms with Crippen LogP contribution in [0.4, 0.5) is 4.39 Å². The molecular weight excluding hydrogens is 397 g/mol. The maximum atomic E-state index is 14.3. The van der Waals surface area contributed by atoms with Crippen LogP contribution in [0.25, 0.3) is 5.57 Å². The molecule has 30 heavy (non-hydrogen) atoms. The third-order valence-corrected chi connectivity index (χ3v) is 5.66. The Bertz CT molecular complexity index is 805. The molecule has 0 aromatic heterocycles. The zero-order chi connectivity index (χ0) is 21.9. The average molecular weight is 430 g/mol. The van der Waals surface area contributed by atoms with Gasteiger partial charge in [-0.25, -0.2) is 4.39 Å². The van der Waals surface area contributed by atoms with Crippen LogP contribution in [-0.2, 0) is 6.42 Å². The summed E-state index contributed by atoms with van der Waals surface area (Å²) in [6.07, 6.45) is 9.24. The van der Waals surface area contributed by atoms with Gasteiger partial charge >= 0.3 is 0 Å². The van der Waals surface area contributed by atoms with E-state index in [1.165, 1.54) is 25.5 Å². The molecule has 2 rings (SSSR count). The van der Waals surface area contributed by atoms with Gasteiger partial charge in [-0.2, -0.15) is 0 Å². The summed E-state index contributed by atoms with van der Waals surface area (Å²) in [6.45, 7) is 16.1. The normalized spacial score (nSPS) is 16.2. The Morgan fingerprint density at radius 3 is 2.67 bits per heavy atom. The minimum Gasteiger partial charge on any atom is -0.284 e. The van der Waals surface area contributed by atoms with E-state index in [-0.39, 0.29) is 5.82 Å². The molecule has 1 saturated heterocycles. The summed E-state index contributed by atoms with van der Waals surface area (Å²) in [6, 6.07) is 5.46. The van der Waals surface area contributed by atoms with E-state index in [1.54, 1.807) is 12.3 Å². The van der Waals surface area contributed by atoms with Crippen molar-refractivity contribution in [2.75, 3.05) is 19.8 Å². The van der Waals surface area contributed by atoms with Crippen molar-refractivity contribution in [1.29, 1.82) is 0 Å². The highest BCUT2D eigenvalue weighted by Gasteiger charge is 2.18. The summed E-state index contributed by atoms with van der Waals surface area (Å²) in [5.41, 5.74) is 3.58. The number of piperidine rings is 1. The molecule has 0 amide bonds. The summed E-state index contributed by atoms with van der Waals surface area (Å²) in [5.74, 6) is 0.574. The van der Waals surface area contributed by atoms with E-state index in [0.717, 1.165) is 48.6 Å². The maximum Gasteiger partial charge on any atom is 0.127 e. The van der Waals surface area contributed by atoms with Gasteiger partial charge in [0.1, 0.15) is 5.82 Å². The van der Waals surface area contributed by atoms with Crippen molar-refractivity contribution in [2.24, 2.45) is 15.9 Å². The number of nitrogens with zero attached hydrogens (tertiary/aromatic N) is 3. The first-order chi connectivity index (χ1) is 14.4. The molecule has 0 bridgehead atoms. The quantitative estimate of drug-likeness (QED) is 0.286. The average Bonchev–Trinajstić information content (AvgIpc) is 2.70. The summed E-state index contributed by atoms with van der Waals surface area (Å²) >= 11 is 5.91. The molecule has 1 aromatic rings. The van der Waals surface area contributed by atoms with Gasteiger partial charge in [-0.05, 0) is 74.4 Å². The van der Waals surface area contributed by atoms with Gasteiger partial charge in [-0.15, -0.1) is 0 Å². The molecule has 0 N–H and O–H groups in total. The van der Waals surface area contributed by atoms with Crippen LogP contribution in [0.3, 0.4) is 0 Å². The molecule has 0 aliphatic carbocycles. The first-order valence-corrected chi connectivity index (χ1v) is 10.9. The molecule has 0 saturated carbocycles. The van der Waals surface area contributed by atoms with Gasteiger partial charge in [-0.1, -0.05) is 48.9 Å². The largest absolute Gasteiger partial charge is 0.284 e. The highest BCUT2D eigenvalue weighted by Crippen LogP contribution is 2.27. The Hall–Kier alpha value is -2.04. The smallest absolute Gasteiger partial charge is 0.127 e. The predicted octanol–water partition coefficient (Wildman–Crippen LogP) is 6.65. The first kappa shape index (κ1) is 24.2. The van der Waals surface area contributed by atoms with E-state index in [9.17, 15) is 4.39 Å². The number of hydrogen-bond acceptors (Lipinski definition) is 3. The second-order valence-corrected chi connectivity index (χ2v) is 8.58. The molecule has 0 spiro atoms. The van der Waals surface area contributed by atoms with Crippen LogP contribution >= 0.6 is 11.6 Å². The Kier molecular flexibility index (Phi) is 10.2. The zero-order valence-electron chi connectivity index (χ0n) is 18.0. The van der Waals surface area contributed by atoms with Crippen molar-refractivity contribution in [3.8, 4) is 0 Å². The molecule has 0 atom stereocenters. The highest BCUT2D eigenvalue weighted by molar-refractivity contribution is 6.39. The van der Waals surface area contributed by atoms with Gasteiger partial charge < -0.3 is 0 Å². The minimum atomic E-state index is -0.163. The number of benzene rings is 1. The standard InChI is InChI=1S/C25H33ClFN3/c1-19(2)14-23-9-8-22(15-25(23)27)20(3)6-5-7-21-10-12-30(13-11-21)18-29-17-24(26)16-28-4/h8-9,15-17,21H,1,3-7,10-14,18H2,2H3/b24-16+,29-17-. The molecule has 0 radical (unpaired) electrons. The fourth-order valence-corrected chi connectivity index (χ4v) is 3.90. The van der Waals surface area contributed by atoms with E-state index < -0.39 is 0 Å². The van der Waals surface area contributed by atoms with Crippen molar-refractivity contribution >= 4 is 30.1 Å². The van der Waals surface area contributed by atoms with Crippen molar-refractivity contribution in [2.45, 2.75) is 45.4 Å². The third-order valence-electron chi connectivity index (χ3n) is 5.46. The van der Waals surface area contributed by atoms with E-state index in [0.29, 0.717) is 23.7 Å². The Balaban J connectivity index is 1.69. The maximum absolute atomic E-state index is 14.3. The third kappa shape index (κ3) is 8.37. The second-order valence-electron chi connectivity index (χ2n) is 8.15. The number of rotatable bonds is 11. The topological polar surface area (TPSA) is 28.0 Å². The van der Waals surface area contributed by atoms with Crippen LogP contribution in [0.5, 0.6) is 0 Å². The minimum absolute atomic E-state index is 0.163. The molecule has 3 nitrogen and oxygen atoms in total. The van der Waals surface area contributed by atoms with Crippen LogP contribution in [0, 0.1) is 11.7 Å². The lowest BCUT2D eigenvalue weighted by Crippen LogP contribution is -2.33. The lowest BCUT2D eigenvalue weighted by Gasteiger charge is -2.30. The number of halogens is 2. The number of allylic oxidation sites excluding steroid dienone is 3. The molecule has 0 unspecified atom stereocenters. The van der Waals surface area contributed by atoms with Gasteiger partial charge in [0.05, 0.1) is 11.7 Å². The van der Waals surface area contributed by atoms with Gasteiger partial charge in [0, 0.05) is 25.5 Å². The van der Waals surface area contributed by atoms with Gasteiger partial charge in [0.15, 0.2) is 0 Å². The van der Waals surface area contributed by atoms with Crippen molar-refractivity contribution in [1.82, 2.24) is 4.90 Å². The SMILES string of the molecule is C=N/C=C(Cl)\C=N/CN1CCC(CCCC(=C)c2ccc(CC(=C)C)c(F)c2)CC1. The van der Waals surface area contributed by atoms with Crippen LogP contribution in [0.15, 0.2) is 58.1 Å². The molecular formula is C25H33ClFN3. The van der Waals surface area contributed by atoms with E-state index >= 15 is 0 Å². The lowest BCUT2D eigenvalue weighted by atomic mass is 9.90. The second kappa shape index (κ2) is 12.6. The van der Waals surface area contributed by atoms with Crippen LogP contribution in [0.2, 0.25) is 0 Å². The van der Waals surface area contributed by atoms with E-state index in [4.69, 9.17) is 11.6 Å². The molecule has 1 fully saturated rings. The highest BCUT2D eigenvalue weighted by atomic mass is 35.5. The Labute approximate surface area is 185 Å². The summed E-state index contributed by atoms with van der Waals surface area (Å²) < 4.78 is 14.3. The Morgan fingerprint density at radius 1 is 1.30 bits per heavy atom. The Morgan fingerprint density at radius 2 is 2.03 bits per heavy atom. The monoisotopic (exact) mass is 429 g/mol. The molecule has 1 aromatic carbocycles. The molecule has 1 heterocycles. The zero-order valence-corrected chi connectivity index (χ0v) is 18.8. The van der Waals surface area contributed by atoms with Gasteiger partial charge in [0.2, 0.25) is 0 Å². The fraction of sp³-hybridized carbons (Fsp3) is 0.440. The molecule has 1 aliphatic heterocycles. The van der Waals surface area contributed by atoms with Gasteiger partial charge in [0.25, 0.3) is 0 Å². The van der Waals surface area contributed by atoms with Crippen molar-refractivity contribution in [3.05, 3.63) is 65.1 Å². The molecule has 5 heteroatoms. The predicted molar refractivity (Wildman–Crippen MR) is 129 cm³/mol. The van der Waals surface area contributed by atoms with E-state index in [1.807, 2.05) is 19.1 Å². The van der Waals surface area contributed by atoms with Crippen molar-refractivity contribution < 1.29 is 4.39 Å². The molecule has 162 valence electrons. The first-order valence-electron chi connectivity index (χ1n) is 10.5. The molecule has 1 aliphatic rings. The van der Waals surface area contributed by atoms with Crippen LogP contribution in [-0.4, -0.2) is 37.6 Å². The lowest BCUT2D eigenvalue weighted by molar-refractivity contribution is 0.183.